The summed E-state index contributed by atoms with van der Waals surface area (Å²) in [5, 5.41) is 0. The fourth-order valence-corrected chi connectivity index (χ4v) is 3.46. The molecule has 0 fully saturated rings. The van der Waals surface area contributed by atoms with E-state index in [1.54, 1.807) is 0 Å². The molecule has 0 heterocycles. The average Bonchev–Trinajstić information content (AvgIpc) is 1.98. The van der Waals surface area contributed by atoms with Crippen LogP contribution in [0.3, 0.4) is 0 Å². The van der Waals surface area contributed by atoms with Gasteiger partial charge in [-0.1, -0.05) is 104 Å². The third-order valence-electron chi connectivity index (χ3n) is 1.44. The quantitative estimate of drug-likeness (QED) is 0.502. The molecule has 0 unspecified atom stereocenters. The van der Waals surface area contributed by atoms with Gasteiger partial charge in [0, 0.05) is 0 Å². The van der Waals surface area contributed by atoms with Gasteiger partial charge in [-0.05, 0) is 0 Å². The van der Waals surface area contributed by atoms with Crippen LogP contribution in [0.15, 0.2) is 0 Å². The van der Waals surface area contributed by atoms with E-state index in [2.05, 4.69) is 0 Å². The molecule has 0 aromatic rings. The summed E-state index contributed by atoms with van der Waals surface area (Å²) >= 11 is 48.9. The Morgan fingerprint density at radius 3 is 1.18 bits per heavy atom. The van der Waals surface area contributed by atoms with Crippen molar-refractivity contribution in [1.82, 2.24) is 0 Å². The zero-order chi connectivity index (χ0) is 14.5. The van der Waals surface area contributed by atoms with Gasteiger partial charge >= 0.3 is 10.1 Å². The molecular weight excluding hydrogens is 447 g/mol. The van der Waals surface area contributed by atoms with Gasteiger partial charge in [0.1, 0.15) is 0 Å². The zero-order valence-corrected chi connectivity index (χ0v) is 14.7. The van der Waals surface area contributed by atoms with Crippen LogP contribution >= 0.6 is 104 Å². The van der Waals surface area contributed by atoms with Crippen LogP contribution in [0.2, 0.25) is 0 Å². The Morgan fingerprint density at radius 1 is 0.706 bits per heavy atom. The zero-order valence-electron chi connectivity index (χ0n) is 7.07. The minimum absolute atomic E-state index is 2.56. The fraction of sp³-hybridized carbons (Fsp3) is 1.00. The van der Waals surface area contributed by atoms with E-state index in [9.17, 15) is 8.42 Å². The van der Waals surface area contributed by atoms with Crippen molar-refractivity contribution < 1.29 is 13.0 Å². The normalized spacial score (nSPS) is 16.1. The standard InChI is InChI=1S/C4HCl9O3S/c5-1(6,3(9,10)11)2(7,8)4(12,13)17(14,15)16/h(H,14,15,16). The highest BCUT2D eigenvalue weighted by molar-refractivity contribution is 7.90. The van der Waals surface area contributed by atoms with E-state index < -0.39 is 26.2 Å². The number of hydrogen-bond acceptors (Lipinski definition) is 2. The minimum Gasteiger partial charge on any atom is -0.283 e. The van der Waals surface area contributed by atoms with Crippen LogP contribution in [-0.2, 0) is 10.1 Å². The first-order chi connectivity index (χ1) is 7.00. The van der Waals surface area contributed by atoms with Crippen molar-refractivity contribution in [2.75, 3.05) is 0 Å². The van der Waals surface area contributed by atoms with Gasteiger partial charge in [-0.25, -0.2) is 0 Å². The Labute approximate surface area is 142 Å². The van der Waals surface area contributed by atoms with E-state index in [0.717, 1.165) is 0 Å². The van der Waals surface area contributed by atoms with Gasteiger partial charge in [0.05, 0.1) is 0 Å². The highest BCUT2D eigenvalue weighted by Gasteiger charge is 2.72. The summed E-state index contributed by atoms with van der Waals surface area (Å²) in [5.41, 5.74) is 0. The van der Waals surface area contributed by atoms with Gasteiger partial charge < -0.3 is 0 Å². The maximum Gasteiger partial charge on any atom is 0.302 e. The largest absolute Gasteiger partial charge is 0.302 e. The lowest BCUT2D eigenvalue weighted by Crippen LogP contribution is -2.58. The van der Waals surface area contributed by atoms with E-state index in [1.165, 1.54) is 0 Å². The molecule has 0 aliphatic carbocycles. The molecular formula is C4HCl9O3S. The monoisotopic (exact) mass is 444 g/mol. The van der Waals surface area contributed by atoms with Crippen LogP contribution in [0.5, 0.6) is 0 Å². The van der Waals surface area contributed by atoms with Crippen molar-refractivity contribution in [2.24, 2.45) is 0 Å². The van der Waals surface area contributed by atoms with Crippen LogP contribution < -0.4 is 0 Å². The van der Waals surface area contributed by atoms with Crippen molar-refractivity contribution in [3.8, 4) is 0 Å². The lowest BCUT2D eigenvalue weighted by molar-refractivity contribution is 0.463. The van der Waals surface area contributed by atoms with E-state index >= 15 is 0 Å². The molecule has 0 radical (unpaired) electrons. The van der Waals surface area contributed by atoms with Crippen molar-refractivity contribution in [3.63, 3.8) is 0 Å². The summed E-state index contributed by atoms with van der Waals surface area (Å²) in [6, 6.07) is 0. The van der Waals surface area contributed by atoms with Crippen LogP contribution in [0.4, 0.5) is 0 Å². The Morgan fingerprint density at radius 2 is 1.00 bits per heavy atom. The molecule has 0 atom stereocenters. The van der Waals surface area contributed by atoms with Gasteiger partial charge in [-0.15, -0.1) is 0 Å². The molecule has 1 N–H and O–H groups in total. The first-order valence-corrected chi connectivity index (χ1v) is 8.01. The molecule has 0 bridgehead atoms. The van der Waals surface area contributed by atoms with Gasteiger partial charge in [-0.2, -0.15) is 8.42 Å². The second-order valence-electron chi connectivity index (χ2n) is 2.64. The van der Waals surface area contributed by atoms with Crippen molar-refractivity contribution in [3.05, 3.63) is 0 Å². The fourth-order valence-electron chi connectivity index (χ4n) is 0.523. The number of halogens is 9. The number of hydrogen-bond donors (Lipinski definition) is 1. The Hall–Kier alpha value is 2.52. The number of rotatable bonds is 3. The van der Waals surface area contributed by atoms with Crippen LogP contribution in [-0.4, -0.2) is 29.1 Å². The smallest absolute Gasteiger partial charge is 0.283 e. The first kappa shape index (κ1) is 19.5. The van der Waals surface area contributed by atoms with Crippen molar-refractivity contribution in [2.45, 2.75) is 16.1 Å². The van der Waals surface area contributed by atoms with Crippen molar-refractivity contribution >= 4 is 115 Å². The molecule has 0 rings (SSSR count). The summed E-state index contributed by atoms with van der Waals surface area (Å²) in [4.78, 5) is 0. The van der Waals surface area contributed by atoms with Crippen LogP contribution in [0.1, 0.15) is 0 Å². The predicted octanol–water partition coefficient (Wildman–Crippen LogP) is 4.72. The third-order valence-corrected chi connectivity index (χ3v) is 8.83. The van der Waals surface area contributed by atoms with E-state index in [1.807, 2.05) is 0 Å². The van der Waals surface area contributed by atoms with Gasteiger partial charge in [0.25, 0.3) is 3.67 Å². The summed E-state index contributed by atoms with van der Waals surface area (Å²) in [5.74, 6) is 0. The number of alkyl halides is 9. The van der Waals surface area contributed by atoms with E-state index in [-0.39, 0.29) is 0 Å². The summed E-state index contributed by atoms with van der Waals surface area (Å²) < 4.78 is 19.2. The third kappa shape index (κ3) is 3.41. The molecule has 13 heteroatoms. The topological polar surface area (TPSA) is 54.4 Å². The van der Waals surface area contributed by atoms with Gasteiger partial charge in [0.2, 0.25) is 12.5 Å². The van der Waals surface area contributed by atoms with Gasteiger partial charge in [-0.3, -0.25) is 4.55 Å². The Bertz CT molecular complexity index is 393. The van der Waals surface area contributed by atoms with E-state index in [0.29, 0.717) is 0 Å². The molecule has 0 saturated carbocycles. The predicted molar refractivity (Wildman–Crippen MR) is 75.1 cm³/mol. The second kappa shape index (κ2) is 5.38. The summed E-state index contributed by atoms with van der Waals surface area (Å²) in [6.45, 7) is 0. The summed E-state index contributed by atoms with van der Waals surface area (Å²) in [7, 11) is -5.18. The maximum atomic E-state index is 10.9. The van der Waals surface area contributed by atoms with Crippen LogP contribution in [0, 0.1) is 0 Å². The first-order valence-electron chi connectivity index (χ1n) is 3.17. The summed E-state index contributed by atoms with van der Waals surface area (Å²) in [6.07, 6.45) is 0. The minimum atomic E-state index is -5.18. The highest BCUT2D eigenvalue weighted by atomic mass is 35.6. The SMILES string of the molecule is O=S(=O)(O)C(Cl)(Cl)C(Cl)(Cl)C(Cl)(Cl)C(Cl)(Cl)Cl. The molecule has 0 aromatic heterocycles. The Balaban J connectivity index is 5.91. The second-order valence-corrected chi connectivity index (χ2v) is 10.9. The molecule has 17 heavy (non-hydrogen) atoms. The lowest BCUT2D eigenvalue weighted by Gasteiger charge is -2.41. The lowest BCUT2D eigenvalue weighted by atomic mass is 10.3. The van der Waals surface area contributed by atoms with Crippen LogP contribution in [0.25, 0.3) is 0 Å². The van der Waals surface area contributed by atoms with Crippen molar-refractivity contribution in [1.29, 1.82) is 0 Å². The molecule has 0 aliphatic heterocycles. The molecule has 0 amide bonds. The average molecular weight is 448 g/mol. The molecule has 3 nitrogen and oxygen atoms in total. The molecule has 0 aromatic carbocycles. The molecule has 0 spiro atoms. The molecule has 104 valence electrons. The molecule has 0 aliphatic rings. The maximum absolute atomic E-state index is 10.9. The Kier molecular flexibility index (Phi) is 6.17. The van der Waals surface area contributed by atoms with E-state index in [4.69, 9.17) is 109 Å². The molecule has 0 saturated heterocycles. The van der Waals surface area contributed by atoms with Gasteiger partial charge in [0.15, 0.2) is 0 Å². The highest BCUT2D eigenvalue weighted by Crippen LogP contribution is 2.63.